The van der Waals surface area contributed by atoms with E-state index in [9.17, 15) is 17.6 Å². The zero-order valence-electron chi connectivity index (χ0n) is 14.3. The molecule has 0 spiro atoms. The van der Waals surface area contributed by atoms with E-state index in [1.165, 1.54) is 23.5 Å². The molecular weight excluding hydrogens is 377 g/mol. The van der Waals surface area contributed by atoms with Gasteiger partial charge in [0.15, 0.2) is 14.8 Å². The number of hydrogen-bond acceptors (Lipinski definition) is 5. The van der Waals surface area contributed by atoms with Crippen LogP contribution in [0.1, 0.15) is 24.3 Å². The van der Waals surface area contributed by atoms with Gasteiger partial charge in [-0.25, -0.2) is 17.8 Å². The minimum atomic E-state index is -3.20. The first-order valence-corrected chi connectivity index (χ1v) is 10.6. The third kappa shape index (κ3) is 3.78. The minimum absolute atomic E-state index is 0.0518. The average Bonchev–Trinajstić information content (AvgIpc) is 3.15. The van der Waals surface area contributed by atoms with Crippen molar-refractivity contribution >= 4 is 32.0 Å². The van der Waals surface area contributed by atoms with Crippen LogP contribution in [0.2, 0.25) is 0 Å². The molecule has 1 aromatic carbocycles. The van der Waals surface area contributed by atoms with Gasteiger partial charge in [-0.15, -0.1) is 11.3 Å². The fraction of sp³-hybridized carbons (Fsp3) is 0.294. The van der Waals surface area contributed by atoms with Crippen LogP contribution in [-0.2, 0) is 9.84 Å². The van der Waals surface area contributed by atoms with E-state index in [0.29, 0.717) is 16.3 Å². The molecule has 1 N–H and O–H groups in total. The van der Waals surface area contributed by atoms with Crippen molar-refractivity contribution in [1.82, 2.24) is 14.7 Å². The summed E-state index contributed by atoms with van der Waals surface area (Å²) in [4.78, 5) is 17.4. The highest BCUT2D eigenvalue weighted by atomic mass is 32.2. The summed E-state index contributed by atoms with van der Waals surface area (Å²) in [7, 11) is -3.20. The Kier molecular flexibility index (Phi) is 5.10. The van der Waals surface area contributed by atoms with Crippen LogP contribution in [0.5, 0.6) is 0 Å². The number of fused-ring (bicyclic) bond motifs is 1. The summed E-state index contributed by atoms with van der Waals surface area (Å²) in [6, 6.07) is 5.95. The molecule has 0 radical (unpaired) electrons. The molecule has 0 fully saturated rings. The van der Waals surface area contributed by atoms with Gasteiger partial charge >= 0.3 is 0 Å². The highest BCUT2D eigenvalue weighted by molar-refractivity contribution is 7.92. The van der Waals surface area contributed by atoms with Crippen LogP contribution in [0, 0.1) is 5.82 Å². The molecule has 2 aromatic heterocycles. The third-order valence-electron chi connectivity index (χ3n) is 3.97. The highest BCUT2D eigenvalue weighted by Gasteiger charge is 2.18. The molecule has 0 saturated carbocycles. The first-order valence-electron chi connectivity index (χ1n) is 8.00. The second kappa shape index (κ2) is 7.16. The maximum Gasteiger partial charge on any atom is 0.269 e. The Morgan fingerprint density at radius 3 is 2.65 bits per heavy atom. The fourth-order valence-electron chi connectivity index (χ4n) is 2.34. The first kappa shape index (κ1) is 18.5. The van der Waals surface area contributed by atoms with Crippen molar-refractivity contribution in [1.29, 1.82) is 0 Å². The summed E-state index contributed by atoms with van der Waals surface area (Å²) in [6.07, 6.45) is 1.71. The fourth-order valence-corrected chi connectivity index (χ4v) is 4.05. The number of carbonyl (C=O) groups excluding carboxylic acids is 1. The maximum atomic E-state index is 13.0. The van der Waals surface area contributed by atoms with Gasteiger partial charge in [0.1, 0.15) is 11.5 Å². The van der Waals surface area contributed by atoms with Gasteiger partial charge < -0.3 is 5.32 Å². The summed E-state index contributed by atoms with van der Waals surface area (Å²) in [6.45, 7) is 3.28. The number of sulfone groups is 1. The van der Waals surface area contributed by atoms with Crippen LogP contribution in [0.3, 0.4) is 0 Å². The predicted molar refractivity (Wildman–Crippen MR) is 99.7 cm³/mol. The number of carbonyl (C=O) groups is 1. The third-order valence-corrected chi connectivity index (χ3v) is 7.02. The van der Waals surface area contributed by atoms with Crippen LogP contribution >= 0.6 is 11.3 Å². The Bertz CT molecular complexity index is 1040. The summed E-state index contributed by atoms with van der Waals surface area (Å²) < 4.78 is 38.3. The molecule has 0 saturated heterocycles. The number of halogens is 1. The van der Waals surface area contributed by atoms with E-state index in [1.54, 1.807) is 42.0 Å². The number of nitrogens with one attached hydrogen (secondary N) is 1. The normalized spacial score (nSPS) is 12.0. The lowest BCUT2D eigenvalue weighted by atomic mass is 10.2. The number of thiazole rings is 1. The maximum absolute atomic E-state index is 13.0. The van der Waals surface area contributed by atoms with Gasteiger partial charge in [0.05, 0.1) is 16.7 Å². The van der Waals surface area contributed by atoms with E-state index < -0.39 is 15.1 Å². The van der Waals surface area contributed by atoms with Gasteiger partial charge in [0.2, 0.25) is 0 Å². The Morgan fingerprint density at radius 1 is 1.31 bits per heavy atom. The van der Waals surface area contributed by atoms with Crippen molar-refractivity contribution in [2.75, 3.05) is 12.3 Å². The van der Waals surface area contributed by atoms with E-state index in [0.717, 1.165) is 5.56 Å². The topological polar surface area (TPSA) is 80.5 Å². The van der Waals surface area contributed by atoms with Crippen LogP contribution in [0.25, 0.3) is 16.2 Å². The molecule has 26 heavy (non-hydrogen) atoms. The number of nitrogens with zero attached hydrogens (tertiary/aromatic N) is 2. The monoisotopic (exact) mass is 395 g/mol. The summed E-state index contributed by atoms with van der Waals surface area (Å²) in [5.41, 5.74) is 1.76. The standard InChI is InChI=1S/C17H18FN3O3S2/c1-11(2)26(23,24)8-7-19-16(22)15-10-25-17-20-14(9-21(15)17)12-3-5-13(18)6-4-12/h3-6,9-11H,7-8H2,1-2H3,(H,19,22). The molecule has 3 rings (SSSR count). The quantitative estimate of drug-likeness (QED) is 0.696. The number of rotatable bonds is 6. The second-order valence-corrected chi connectivity index (χ2v) is 9.59. The number of imidazole rings is 1. The molecule has 0 atom stereocenters. The SMILES string of the molecule is CC(C)S(=O)(=O)CCNC(=O)c1csc2nc(-c3ccc(F)cc3)cn12. The van der Waals surface area contributed by atoms with Crippen molar-refractivity contribution in [2.45, 2.75) is 19.1 Å². The number of hydrogen-bond donors (Lipinski definition) is 1. The first-order chi connectivity index (χ1) is 12.3. The number of amides is 1. The summed E-state index contributed by atoms with van der Waals surface area (Å²) in [5, 5.41) is 3.83. The molecule has 0 unspecified atom stereocenters. The van der Waals surface area contributed by atoms with E-state index in [4.69, 9.17) is 0 Å². The van der Waals surface area contributed by atoms with Crippen LogP contribution < -0.4 is 5.32 Å². The lowest BCUT2D eigenvalue weighted by Gasteiger charge is -2.08. The molecule has 1 amide bonds. The lowest BCUT2D eigenvalue weighted by molar-refractivity contribution is 0.0950. The zero-order valence-corrected chi connectivity index (χ0v) is 15.9. The van der Waals surface area contributed by atoms with Crippen molar-refractivity contribution in [3.05, 3.63) is 47.4 Å². The number of aromatic nitrogens is 2. The van der Waals surface area contributed by atoms with Crippen LogP contribution in [0.15, 0.2) is 35.8 Å². The van der Waals surface area contributed by atoms with E-state index in [1.807, 2.05) is 0 Å². The Labute approximate surface area is 154 Å². The average molecular weight is 395 g/mol. The molecule has 138 valence electrons. The Hall–Kier alpha value is -2.26. The Balaban J connectivity index is 1.76. The van der Waals surface area contributed by atoms with E-state index in [-0.39, 0.29) is 24.0 Å². The highest BCUT2D eigenvalue weighted by Crippen LogP contribution is 2.23. The predicted octanol–water partition coefficient (Wildman–Crippen LogP) is 2.75. The molecule has 0 aliphatic carbocycles. The van der Waals surface area contributed by atoms with Crippen LogP contribution in [0.4, 0.5) is 4.39 Å². The molecule has 6 nitrogen and oxygen atoms in total. The second-order valence-electron chi connectivity index (χ2n) is 6.08. The van der Waals surface area contributed by atoms with Gasteiger partial charge in [-0.2, -0.15) is 0 Å². The van der Waals surface area contributed by atoms with Gasteiger partial charge in [0.25, 0.3) is 5.91 Å². The number of benzene rings is 1. The van der Waals surface area contributed by atoms with Crippen LogP contribution in [-0.4, -0.2) is 41.3 Å². The molecule has 9 heteroatoms. The molecule has 2 heterocycles. The van der Waals surface area contributed by atoms with Crippen molar-refractivity contribution in [3.8, 4) is 11.3 Å². The van der Waals surface area contributed by atoms with Gasteiger partial charge in [-0.1, -0.05) is 0 Å². The lowest BCUT2D eigenvalue weighted by Crippen LogP contribution is -2.32. The van der Waals surface area contributed by atoms with Gasteiger partial charge in [-0.05, 0) is 38.1 Å². The largest absolute Gasteiger partial charge is 0.350 e. The van der Waals surface area contributed by atoms with Crippen molar-refractivity contribution < 1.29 is 17.6 Å². The van der Waals surface area contributed by atoms with Crippen molar-refractivity contribution in [3.63, 3.8) is 0 Å². The summed E-state index contributed by atoms with van der Waals surface area (Å²) >= 11 is 1.30. The van der Waals surface area contributed by atoms with E-state index in [2.05, 4.69) is 10.3 Å². The smallest absolute Gasteiger partial charge is 0.269 e. The molecule has 0 aliphatic rings. The molecular formula is C17H18FN3O3S2. The molecule has 0 bridgehead atoms. The minimum Gasteiger partial charge on any atom is -0.350 e. The van der Waals surface area contributed by atoms with Gasteiger partial charge in [0, 0.05) is 23.7 Å². The molecule has 3 aromatic rings. The molecule has 0 aliphatic heterocycles. The zero-order chi connectivity index (χ0) is 18.9. The van der Waals surface area contributed by atoms with E-state index >= 15 is 0 Å². The summed E-state index contributed by atoms with van der Waals surface area (Å²) in [5.74, 6) is -0.793. The Morgan fingerprint density at radius 2 is 2.00 bits per heavy atom. The van der Waals surface area contributed by atoms with Gasteiger partial charge in [-0.3, -0.25) is 9.20 Å². The van der Waals surface area contributed by atoms with Crippen molar-refractivity contribution in [2.24, 2.45) is 0 Å².